The zero-order valence-corrected chi connectivity index (χ0v) is 41.5. The Kier molecular flexibility index (Phi) is 18.9. The molecule has 4 aliphatic rings. The molecule has 2 atom stereocenters. The minimum absolute atomic E-state index is 0.0686. The number of carbonyl (C=O) groups excluding carboxylic acids is 6. The van der Waals surface area contributed by atoms with Gasteiger partial charge in [-0.3, -0.25) is 39.0 Å². The fourth-order valence-corrected chi connectivity index (χ4v) is 9.61. The number of fused-ring (bicyclic) bond motifs is 3. The molecule has 0 radical (unpaired) electrons. The van der Waals surface area contributed by atoms with E-state index in [1.54, 1.807) is 30.3 Å². The zero-order chi connectivity index (χ0) is 51.1. The van der Waals surface area contributed by atoms with Gasteiger partial charge in [0.2, 0.25) is 17.7 Å². The molecular weight excluding hydrogens is 941 g/mol. The van der Waals surface area contributed by atoms with Crippen molar-refractivity contribution in [1.29, 1.82) is 0 Å². The quantitative estimate of drug-likeness (QED) is 0.0443. The van der Waals surface area contributed by atoms with Crippen LogP contribution in [0.1, 0.15) is 116 Å². The molecule has 3 aliphatic heterocycles. The van der Waals surface area contributed by atoms with Crippen LogP contribution in [0.4, 0.5) is 0 Å². The first-order chi connectivity index (χ1) is 35.6. The molecular formula is C54H66N6O13. The highest BCUT2D eigenvalue weighted by Crippen LogP contribution is 2.36. The summed E-state index contributed by atoms with van der Waals surface area (Å²) in [4.78, 5) is 82.1. The molecule has 3 aromatic carbocycles. The predicted octanol–water partition coefficient (Wildman–Crippen LogP) is 4.11. The molecule has 8 rings (SSSR count). The van der Waals surface area contributed by atoms with Crippen molar-refractivity contribution in [3.8, 4) is 17.0 Å². The van der Waals surface area contributed by atoms with Gasteiger partial charge in [0, 0.05) is 56.3 Å². The fourth-order valence-electron chi connectivity index (χ4n) is 9.61. The molecule has 19 heteroatoms. The third-order valence-corrected chi connectivity index (χ3v) is 13.5. The number of hydrogen-bond donors (Lipinski definition) is 4. The largest absolute Gasteiger partial charge is 0.493 e. The minimum atomic E-state index is -0.999. The molecule has 0 bridgehead atoms. The zero-order valence-electron chi connectivity index (χ0n) is 41.5. The van der Waals surface area contributed by atoms with E-state index in [1.807, 2.05) is 6.92 Å². The van der Waals surface area contributed by atoms with Crippen molar-refractivity contribution < 1.29 is 62.3 Å². The molecule has 19 nitrogen and oxygen atoms in total. The highest BCUT2D eigenvalue weighted by atomic mass is 16.6. The van der Waals surface area contributed by atoms with Crippen LogP contribution in [-0.4, -0.2) is 140 Å². The Hall–Kier alpha value is -6.35. The molecule has 0 saturated carbocycles. The number of amides is 6. The number of imidazole rings is 1. The summed E-state index contributed by atoms with van der Waals surface area (Å²) in [6.45, 7) is 7.06. The highest BCUT2D eigenvalue weighted by molar-refractivity contribution is 6.24. The normalized spacial score (nSPS) is 16.9. The van der Waals surface area contributed by atoms with Gasteiger partial charge in [-0.1, -0.05) is 24.3 Å². The number of nitrogens with one attached hydrogen (secondary N) is 3. The number of aryl methyl sites for hydroxylation is 4. The monoisotopic (exact) mass is 1010 g/mol. The number of aliphatic hydroxyl groups excluding tert-OH is 1. The Morgan fingerprint density at radius 2 is 1.53 bits per heavy atom. The van der Waals surface area contributed by atoms with Crippen molar-refractivity contribution in [2.45, 2.75) is 96.4 Å². The summed E-state index contributed by atoms with van der Waals surface area (Å²) in [6.07, 6.45) is 7.98. The summed E-state index contributed by atoms with van der Waals surface area (Å²) in [5.41, 5.74) is 7.43. The topological polar surface area (TPSA) is 235 Å². The summed E-state index contributed by atoms with van der Waals surface area (Å²) in [7, 11) is 0. The van der Waals surface area contributed by atoms with Gasteiger partial charge in [-0.25, -0.2) is 4.98 Å². The molecule has 1 saturated heterocycles. The summed E-state index contributed by atoms with van der Waals surface area (Å²) in [5.74, 6) is -0.808. The van der Waals surface area contributed by atoms with Crippen LogP contribution in [0.3, 0.4) is 0 Å². The first kappa shape index (κ1) is 53.0. The molecule has 6 amide bonds. The molecule has 390 valence electrons. The molecule has 4 N–H and O–H groups in total. The van der Waals surface area contributed by atoms with Gasteiger partial charge in [-0.05, 0) is 104 Å². The molecule has 0 spiro atoms. The lowest BCUT2D eigenvalue weighted by molar-refractivity contribution is -0.136. The maximum absolute atomic E-state index is 13.6. The van der Waals surface area contributed by atoms with Crippen molar-refractivity contribution in [2.75, 3.05) is 79.2 Å². The van der Waals surface area contributed by atoms with Crippen LogP contribution in [0.25, 0.3) is 11.3 Å². The smallest absolute Gasteiger partial charge is 0.262 e. The lowest BCUT2D eigenvalue weighted by atomic mass is 9.99. The van der Waals surface area contributed by atoms with Gasteiger partial charge < -0.3 is 48.7 Å². The Morgan fingerprint density at radius 3 is 2.26 bits per heavy atom. The van der Waals surface area contributed by atoms with E-state index in [0.717, 1.165) is 65.3 Å². The Morgan fingerprint density at radius 1 is 0.795 bits per heavy atom. The SMILES string of the molecule is Cc1c(CO)cc(C(=O)N[C@@H]2CCc3ccc(-c4cn5c(n4)CCC5)cc32)cc1OCCCNC(=O)CCOCCOCCOCCOCCOCCCc1cccc2c1C(=O)N(C1CCC(=O)NC1=O)C2=O. The number of aromatic nitrogens is 2. The van der Waals surface area contributed by atoms with E-state index in [2.05, 4.69) is 44.9 Å². The average Bonchev–Trinajstić information content (AvgIpc) is 4.17. The summed E-state index contributed by atoms with van der Waals surface area (Å²) >= 11 is 0. The second-order valence-electron chi connectivity index (χ2n) is 18.5. The van der Waals surface area contributed by atoms with Gasteiger partial charge in [0.15, 0.2) is 0 Å². The van der Waals surface area contributed by atoms with Crippen molar-refractivity contribution in [3.63, 3.8) is 0 Å². The first-order valence-electron chi connectivity index (χ1n) is 25.5. The van der Waals surface area contributed by atoms with Crippen molar-refractivity contribution >= 4 is 35.4 Å². The Bertz CT molecular complexity index is 2610. The summed E-state index contributed by atoms with van der Waals surface area (Å²) < 4.78 is 36.2. The van der Waals surface area contributed by atoms with Gasteiger partial charge in [-0.15, -0.1) is 0 Å². The van der Waals surface area contributed by atoms with Crippen LogP contribution in [0.15, 0.2) is 54.7 Å². The second kappa shape index (κ2) is 26.0. The Labute approximate surface area is 424 Å². The predicted molar refractivity (Wildman–Crippen MR) is 265 cm³/mol. The summed E-state index contributed by atoms with van der Waals surface area (Å²) in [5, 5.41) is 18.4. The van der Waals surface area contributed by atoms with Crippen LogP contribution >= 0.6 is 0 Å². The molecule has 1 aromatic heterocycles. The van der Waals surface area contributed by atoms with E-state index >= 15 is 0 Å². The molecule has 4 heterocycles. The van der Waals surface area contributed by atoms with E-state index in [1.165, 1.54) is 5.56 Å². The van der Waals surface area contributed by atoms with Gasteiger partial charge in [0.1, 0.15) is 17.6 Å². The minimum Gasteiger partial charge on any atom is -0.493 e. The van der Waals surface area contributed by atoms with Crippen LogP contribution in [0.5, 0.6) is 5.75 Å². The van der Waals surface area contributed by atoms with E-state index in [4.69, 9.17) is 33.4 Å². The maximum atomic E-state index is 13.6. The lowest BCUT2D eigenvalue weighted by Crippen LogP contribution is -2.54. The van der Waals surface area contributed by atoms with Crippen molar-refractivity contribution in [2.24, 2.45) is 0 Å². The van der Waals surface area contributed by atoms with Gasteiger partial charge in [0.05, 0.1) is 95.5 Å². The van der Waals surface area contributed by atoms with Crippen LogP contribution in [0, 0.1) is 6.92 Å². The molecule has 73 heavy (non-hydrogen) atoms. The molecule has 1 aliphatic carbocycles. The standard InChI is InChI=1S/C54H66N6O13/c1-35-40(34-61)30-39(51(64)57-43-13-12-36-10-11-38(31-42(36)43)44-33-59-18-3-9-47(59)56-44)32-46(35)73-20-5-17-55-48(62)16-21-69-23-25-71-27-29-72-28-26-70-24-22-68-19-4-7-37-6-2-8-41-50(37)54(67)60(53(41)66)45-14-15-49(63)58-52(45)65/h2,6,8,10-11,30-33,43,45,61H,3-5,7,9,12-29,34H2,1H3,(H,55,62)(H,57,64)(H,58,63,65)/t43-,45?/m1/s1. The number of nitrogens with zero attached hydrogens (tertiary/aromatic N) is 3. The third kappa shape index (κ3) is 13.6. The van der Waals surface area contributed by atoms with Crippen LogP contribution in [-0.2, 0) is 70.5 Å². The van der Waals surface area contributed by atoms with Crippen molar-refractivity contribution in [1.82, 2.24) is 30.4 Å². The second-order valence-corrected chi connectivity index (χ2v) is 18.5. The number of imide groups is 2. The highest BCUT2D eigenvalue weighted by Gasteiger charge is 2.45. The van der Waals surface area contributed by atoms with Crippen LogP contribution < -0.4 is 20.7 Å². The number of rotatable bonds is 29. The molecule has 4 aromatic rings. The average molecular weight is 1010 g/mol. The van der Waals surface area contributed by atoms with Crippen molar-refractivity contribution in [3.05, 3.63) is 105 Å². The number of hydrogen-bond acceptors (Lipinski definition) is 14. The Balaban J connectivity index is 0.609. The fraction of sp³-hybridized carbons (Fsp3) is 0.500. The first-order valence-corrected chi connectivity index (χ1v) is 25.5. The van der Waals surface area contributed by atoms with Crippen LogP contribution in [0.2, 0.25) is 0 Å². The lowest BCUT2D eigenvalue weighted by Gasteiger charge is -2.27. The number of ether oxygens (including phenoxy) is 6. The van der Waals surface area contributed by atoms with E-state index < -0.39 is 29.7 Å². The maximum Gasteiger partial charge on any atom is 0.262 e. The number of carbonyl (C=O) groups is 6. The van der Waals surface area contributed by atoms with E-state index in [9.17, 15) is 33.9 Å². The summed E-state index contributed by atoms with van der Waals surface area (Å²) in [6, 6.07) is 13.8. The number of aliphatic hydroxyl groups is 1. The van der Waals surface area contributed by atoms with E-state index in [0.29, 0.717) is 120 Å². The van der Waals surface area contributed by atoms with Gasteiger partial charge >= 0.3 is 0 Å². The van der Waals surface area contributed by atoms with E-state index in [-0.39, 0.29) is 55.9 Å². The number of piperidine rings is 1. The third-order valence-electron chi connectivity index (χ3n) is 13.5. The molecule has 1 fully saturated rings. The van der Waals surface area contributed by atoms with Gasteiger partial charge in [0.25, 0.3) is 17.7 Å². The number of benzene rings is 3. The molecule has 1 unspecified atom stereocenters. The van der Waals surface area contributed by atoms with Gasteiger partial charge in [-0.2, -0.15) is 0 Å².